The number of carbonyl (C=O) groups is 3. The number of phenols is 1. The largest absolute Gasteiger partial charge is 0.507 e. The average molecular weight is 828 g/mol. The van der Waals surface area contributed by atoms with Gasteiger partial charge in [0.15, 0.2) is 0 Å². The molecule has 2 aliphatic rings. The molecule has 4 rings (SSSR count). The summed E-state index contributed by atoms with van der Waals surface area (Å²) < 4.78 is 17.4. The molecule has 0 radical (unpaired) electrons. The van der Waals surface area contributed by atoms with Gasteiger partial charge in [-0.1, -0.05) is 73.3 Å². The first kappa shape index (κ1) is 48.2. The quantitative estimate of drug-likeness (QED) is 0.0482. The third-order valence-corrected chi connectivity index (χ3v) is 11.8. The Labute approximate surface area is 358 Å². The van der Waals surface area contributed by atoms with Crippen molar-refractivity contribution in [3.63, 3.8) is 0 Å². The molecular weight excluding hydrogens is 759 g/mol. The number of aromatic hydroxyl groups is 1. The van der Waals surface area contributed by atoms with Gasteiger partial charge in [-0.05, 0) is 153 Å². The molecule has 10 heteroatoms. The summed E-state index contributed by atoms with van der Waals surface area (Å²) in [5.74, 6) is -1.22. The standard InChI is InChI=1S/C50H69NO9/c1-9-10-13-17-36-25-42(54)49(43(26-36)58-46(55)29-51(7)8)41-24-34(5)20-22-39(41)35(6)16-14-11-12-15-18-37-27-44(59-47(56)30-52)50(45(28-37)60-48(57)31-53)40-23-33(4)19-21-38(40)32(2)3/h16,23-28,38-41,52-54H,2,9-15,17-22,29-31H2,1,3-8H3. The second-order valence-electron chi connectivity index (χ2n) is 17.2. The molecule has 0 aromatic heterocycles. The minimum Gasteiger partial charge on any atom is -0.507 e. The topological polar surface area (TPSA) is 143 Å². The van der Waals surface area contributed by atoms with E-state index in [1.54, 1.807) is 17.0 Å². The van der Waals surface area contributed by atoms with E-state index in [0.29, 0.717) is 23.3 Å². The summed E-state index contributed by atoms with van der Waals surface area (Å²) >= 11 is 0. The summed E-state index contributed by atoms with van der Waals surface area (Å²) in [6, 6.07) is 7.40. The van der Waals surface area contributed by atoms with Gasteiger partial charge in [0.2, 0.25) is 0 Å². The minimum atomic E-state index is -0.819. The van der Waals surface area contributed by atoms with Gasteiger partial charge >= 0.3 is 17.9 Å². The van der Waals surface area contributed by atoms with Crippen LogP contribution in [0.3, 0.4) is 0 Å². The summed E-state index contributed by atoms with van der Waals surface area (Å²) in [6.07, 6.45) is 18.3. The van der Waals surface area contributed by atoms with Crippen LogP contribution in [0.1, 0.15) is 139 Å². The van der Waals surface area contributed by atoms with E-state index in [2.05, 4.69) is 45.6 Å². The number of aliphatic hydroxyl groups is 2. The molecule has 10 nitrogen and oxygen atoms in total. The van der Waals surface area contributed by atoms with Gasteiger partial charge in [0.1, 0.15) is 36.2 Å². The van der Waals surface area contributed by atoms with Gasteiger partial charge < -0.3 is 29.5 Å². The zero-order valence-corrected chi connectivity index (χ0v) is 37.1. The molecule has 2 aliphatic carbocycles. The molecule has 0 aliphatic heterocycles. The molecule has 3 N–H and O–H groups in total. The molecule has 0 saturated heterocycles. The van der Waals surface area contributed by atoms with Gasteiger partial charge in [0.25, 0.3) is 0 Å². The number of benzene rings is 2. The van der Waals surface area contributed by atoms with Crippen molar-refractivity contribution in [3.8, 4) is 23.0 Å². The maximum absolute atomic E-state index is 13.0. The Bertz CT molecular complexity index is 1880. The van der Waals surface area contributed by atoms with E-state index in [0.717, 1.165) is 99.3 Å². The van der Waals surface area contributed by atoms with Crippen molar-refractivity contribution in [2.45, 2.75) is 130 Å². The molecule has 0 bridgehead atoms. The normalized spacial score (nSPS) is 19.4. The summed E-state index contributed by atoms with van der Waals surface area (Å²) in [7, 11) is 3.66. The lowest BCUT2D eigenvalue weighted by atomic mass is 9.73. The first-order chi connectivity index (χ1) is 28.6. The predicted octanol–water partition coefficient (Wildman–Crippen LogP) is 9.59. The van der Waals surface area contributed by atoms with E-state index in [9.17, 15) is 29.7 Å². The predicted molar refractivity (Wildman–Crippen MR) is 237 cm³/mol. The number of carbonyl (C=O) groups excluding carboxylic acids is 3. The summed E-state index contributed by atoms with van der Waals surface area (Å²) in [5.41, 5.74) is 7.56. The lowest BCUT2D eigenvalue weighted by Gasteiger charge is -2.32. The van der Waals surface area contributed by atoms with E-state index < -0.39 is 25.2 Å². The van der Waals surface area contributed by atoms with E-state index in [1.165, 1.54) is 11.1 Å². The van der Waals surface area contributed by atoms with Crippen LogP contribution >= 0.6 is 0 Å². The maximum atomic E-state index is 13.0. The first-order valence-electron chi connectivity index (χ1n) is 21.8. The molecule has 328 valence electrons. The molecule has 0 fully saturated rings. The van der Waals surface area contributed by atoms with Crippen LogP contribution in [0.5, 0.6) is 23.0 Å². The lowest BCUT2D eigenvalue weighted by Crippen LogP contribution is -2.26. The van der Waals surface area contributed by atoms with Gasteiger partial charge in [-0.15, -0.1) is 0 Å². The number of aryl methyl sites for hydroxylation is 2. The highest BCUT2D eigenvalue weighted by Crippen LogP contribution is 2.49. The molecule has 0 amide bonds. The minimum absolute atomic E-state index is 0.0115. The van der Waals surface area contributed by atoms with Crippen molar-refractivity contribution in [2.75, 3.05) is 33.9 Å². The van der Waals surface area contributed by atoms with Crippen molar-refractivity contribution >= 4 is 17.9 Å². The van der Waals surface area contributed by atoms with Crippen molar-refractivity contribution in [1.29, 1.82) is 0 Å². The van der Waals surface area contributed by atoms with Crippen LogP contribution in [0.2, 0.25) is 0 Å². The number of nitrogens with zero attached hydrogens (tertiary/aromatic N) is 1. The van der Waals surface area contributed by atoms with Crippen molar-refractivity contribution in [2.24, 2.45) is 11.8 Å². The number of rotatable bonds is 21. The molecule has 0 spiro atoms. The number of phenolic OH excluding ortho intramolecular Hbond substituents is 1. The van der Waals surface area contributed by atoms with Crippen molar-refractivity contribution < 1.29 is 43.9 Å². The second kappa shape index (κ2) is 23.5. The zero-order valence-electron chi connectivity index (χ0n) is 37.1. The molecule has 4 unspecified atom stereocenters. The number of esters is 3. The molecular formula is C50H69NO9. The number of allylic oxidation sites excluding steroid dienone is 7. The highest BCUT2D eigenvalue weighted by Gasteiger charge is 2.34. The smallest absolute Gasteiger partial charge is 0.337 e. The molecule has 0 saturated carbocycles. The Morgan fingerprint density at radius 3 is 1.77 bits per heavy atom. The summed E-state index contributed by atoms with van der Waals surface area (Å²) in [5, 5.41) is 30.8. The van der Waals surface area contributed by atoms with Crippen LogP contribution in [0.15, 0.2) is 71.4 Å². The van der Waals surface area contributed by atoms with E-state index in [-0.39, 0.29) is 53.4 Å². The number of likely N-dealkylation sites (N-methyl/N-ethyl adjacent to an activating group) is 1. The van der Waals surface area contributed by atoms with Crippen LogP contribution in [-0.2, 0) is 27.2 Å². The molecule has 2 aromatic carbocycles. The Morgan fingerprint density at radius 2 is 1.23 bits per heavy atom. The van der Waals surface area contributed by atoms with E-state index >= 15 is 0 Å². The molecule has 2 aromatic rings. The zero-order chi connectivity index (χ0) is 43.9. The fraction of sp³-hybridized carbons (Fsp3) is 0.540. The Kier molecular flexibility index (Phi) is 18.8. The highest BCUT2D eigenvalue weighted by atomic mass is 16.6. The van der Waals surface area contributed by atoms with Gasteiger partial charge in [-0.3, -0.25) is 9.69 Å². The van der Waals surface area contributed by atoms with Gasteiger partial charge in [0.05, 0.1) is 6.54 Å². The van der Waals surface area contributed by atoms with Gasteiger partial charge in [-0.25, -0.2) is 9.59 Å². The van der Waals surface area contributed by atoms with Crippen molar-refractivity contribution in [1.82, 2.24) is 4.90 Å². The molecule has 0 heterocycles. The monoisotopic (exact) mass is 827 g/mol. The average Bonchev–Trinajstić information content (AvgIpc) is 3.18. The number of hydrogen-bond donors (Lipinski definition) is 3. The Morgan fingerprint density at radius 1 is 0.733 bits per heavy atom. The second-order valence-corrected chi connectivity index (χ2v) is 17.2. The third kappa shape index (κ3) is 13.8. The molecule has 60 heavy (non-hydrogen) atoms. The maximum Gasteiger partial charge on any atom is 0.337 e. The highest BCUT2D eigenvalue weighted by molar-refractivity contribution is 5.77. The fourth-order valence-electron chi connectivity index (χ4n) is 8.73. The van der Waals surface area contributed by atoms with Gasteiger partial charge in [-0.2, -0.15) is 0 Å². The Hall–Kier alpha value is -4.51. The first-order valence-corrected chi connectivity index (χ1v) is 21.8. The SMILES string of the molecule is C=C(C)C1CCC(C)=CC1c1c(OC(=O)CO)cc(CCCCCC=C(C)C2CCC(C)=CC2c2c(O)cc(CCCCC)cc2OC(=O)CN(C)C)cc1OC(=O)CO. The number of aliphatic hydroxyl groups excluding tert-OH is 2. The number of hydrogen-bond acceptors (Lipinski definition) is 10. The third-order valence-electron chi connectivity index (χ3n) is 11.8. The fourth-order valence-corrected chi connectivity index (χ4v) is 8.73. The van der Waals surface area contributed by atoms with Crippen LogP contribution in [0.4, 0.5) is 0 Å². The van der Waals surface area contributed by atoms with Crippen LogP contribution in [0.25, 0.3) is 0 Å². The van der Waals surface area contributed by atoms with Gasteiger partial charge in [0, 0.05) is 23.0 Å². The Balaban J connectivity index is 1.53. The lowest BCUT2D eigenvalue weighted by molar-refractivity contribution is -0.137. The van der Waals surface area contributed by atoms with Crippen molar-refractivity contribution in [3.05, 3.63) is 93.6 Å². The summed E-state index contributed by atoms with van der Waals surface area (Å²) in [4.78, 5) is 39.7. The molecule has 4 atom stereocenters. The van der Waals surface area contributed by atoms with Crippen LogP contribution in [0, 0.1) is 11.8 Å². The van der Waals surface area contributed by atoms with E-state index in [4.69, 9.17) is 14.2 Å². The van der Waals surface area contributed by atoms with Crippen LogP contribution in [-0.4, -0.2) is 72.0 Å². The number of ether oxygens (including phenoxy) is 3. The van der Waals surface area contributed by atoms with Crippen LogP contribution < -0.4 is 14.2 Å². The van der Waals surface area contributed by atoms with E-state index in [1.807, 2.05) is 40.1 Å². The number of unbranched alkanes of at least 4 members (excludes halogenated alkanes) is 5. The summed E-state index contributed by atoms with van der Waals surface area (Å²) in [6.45, 7) is 13.2.